The van der Waals surface area contributed by atoms with Crippen molar-refractivity contribution in [3.05, 3.63) is 88.0 Å². The van der Waals surface area contributed by atoms with E-state index in [0.717, 1.165) is 21.0 Å². The Kier molecular flexibility index (Phi) is 3.97. The molecule has 0 saturated carbocycles. The van der Waals surface area contributed by atoms with E-state index in [1.54, 1.807) is 23.1 Å². The Morgan fingerprint density at radius 2 is 1.65 bits per heavy atom. The summed E-state index contributed by atoms with van der Waals surface area (Å²) in [5.74, 6) is -0.209. The molecule has 3 aromatic carbocycles. The fraction of sp³-hybridized carbons (Fsp3) is 0.0500. The number of nitrogens with zero attached hydrogens (tertiary/aromatic N) is 2. The van der Waals surface area contributed by atoms with Crippen molar-refractivity contribution < 1.29 is 9.72 Å². The van der Waals surface area contributed by atoms with Crippen molar-refractivity contribution in [1.82, 2.24) is 0 Å². The average molecular weight is 362 g/mol. The van der Waals surface area contributed by atoms with Crippen LogP contribution in [0.1, 0.15) is 15.9 Å². The molecule has 0 unspecified atom stereocenters. The fourth-order valence-electron chi connectivity index (χ4n) is 2.90. The number of carbonyl (C=O) groups excluding carboxylic acids is 1. The van der Waals surface area contributed by atoms with E-state index in [-0.39, 0.29) is 11.6 Å². The number of hydrogen-bond acceptors (Lipinski definition) is 4. The molecule has 1 amide bonds. The summed E-state index contributed by atoms with van der Waals surface area (Å²) in [5.41, 5.74) is 2.83. The quantitative estimate of drug-likeness (QED) is 0.455. The van der Waals surface area contributed by atoms with Gasteiger partial charge in [0.05, 0.1) is 16.3 Å². The molecule has 26 heavy (non-hydrogen) atoms. The molecule has 1 aliphatic rings. The van der Waals surface area contributed by atoms with E-state index in [9.17, 15) is 14.9 Å². The van der Waals surface area contributed by atoms with E-state index in [4.69, 9.17) is 0 Å². The number of rotatable bonds is 2. The lowest BCUT2D eigenvalue weighted by molar-refractivity contribution is -0.384. The van der Waals surface area contributed by atoms with Gasteiger partial charge in [-0.15, -0.1) is 0 Å². The standard InChI is InChI=1S/C20H14N2O3S/c1-13-6-8-14(9-7-13)20(23)21-16-4-2-3-5-18(16)26-19-11-10-15(22(24)25)12-17(19)21/h2-12H,1H3. The highest BCUT2D eigenvalue weighted by molar-refractivity contribution is 7.99. The summed E-state index contributed by atoms with van der Waals surface area (Å²) in [6.07, 6.45) is 0. The second-order valence-corrected chi connectivity index (χ2v) is 7.07. The zero-order valence-corrected chi connectivity index (χ0v) is 14.7. The van der Waals surface area contributed by atoms with E-state index in [0.29, 0.717) is 11.3 Å². The van der Waals surface area contributed by atoms with Crippen LogP contribution >= 0.6 is 11.8 Å². The summed E-state index contributed by atoms with van der Waals surface area (Å²) in [4.78, 5) is 27.4. The highest BCUT2D eigenvalue weighted by Gasteiger charge is 2.30. The molecule has 0 spiro atoms. The third-order valence-corrected chi connectivity index (χ3v) is 5.35. The van der Waals surface area contributed by atoms with Crippen molar-refractivity contribution in [3.8, 4) is 0 Å². The molecule has 0 atom stereocenters. The number of para-hydroxylation sites is 1. The normalized spacial score (nSPS) is 12.3. The van der Waals surface area contributed by atoms with Gasteiger partial charge >= 0.3 is 0 Å². The maximum absolute atomic E-state index is 13.3. The van der Waals surface area contributed by atoms with E-state index < -0.39 is 4.92 Å². The van der Waals surface area contributed by atoms with E-state index in [2.05, 4.69) is 0 Å². The lowest BCUT2D eigenvalue weighted by Crippen LogP contribution is -2.28. The number of fused-ring (bicyclic) bond motifs is 2. The first-order valence-electron chi connectivity index (χ1n) is 8.01. The molecule has 0 aliphatic carbocycles. The molecule has 0 radical (unpaired) electrons. The van der Waals surface area contributed by atoms with Crippen LogP contribution in [0.5, 0.6) is 0 Å². The van der Waals surface area contributed by atoms with Gasteiger partial charge in [-0.2, -0.15) is 0 Å². The molecule has 3 aromatic rings. The number of non-ortho nitro benzene ring substituents is 1. The van der Waals surface area contributed by atoms with Crippen molar-refractivity contribution in [3.63, 3.8) is 0 Å². The summed E-state index contributed by atoms with van der Waals surface area (Å²) >= 11 is 1.51. The predicted octanol–water partition coefficient (Wildman–Crippen LogP) is 5.35. The third kappa shape index (κ3) is 2.74. The molecule has 1 heterocycles. The van der Waals surface area contributed by atoms with Crippen LogP contribution in [0, 0.1) is 17.0 Å². The van der Waals surface area contributed by atoms with Crippen molar-refractivity contribution in [1.29, 1.82) is 0 Å². The molecule has 6 heteroatoms. The zero-order chi connectivity index (χ0) is 18.3. The minimum absolute atomic E-state index is 0.0366. The number of carbonyl (C=O) groups is 1. The van der Waals surface area contributed by atoms with Crippen molar-refractivity contribution in [2.45, 2.75) is 16.7 Å². The molecule has 0 bridgehead atoms. The van der Waals surface area contributed by atoms with E-state index in [1.165, 1.54) is 23.9 Å². The first-order valence-corrected chi connectivity index (χ1v) is 8.83. The Labute approximate surface area is 154 Å². The molecule has 4 rings (SSSR count). The Morgan fingerprint density at radius 3 is 2.38 bits per heavy atom. The van der Waals surface area contributed by atoms with Crippen LogP contribution in [-0.2, 0) is 0 Å². The summed E-state index contributed by atoms with van der Waals surface area (Å²) in [5, 5.41) is 11.2. The SMILES string of the molecule is Cc1ccc(C(=O)N2c3ccccc3Sc3ccc([N+](=O)[O-])cc32)cc1. The van der Waals surface area contributed by atoms with Crippen LogP contribution in [0.25, 0.3) is 0 Å². The van der Waals surface area contributed by atoms with Crippen molar-refractivity contribution in [2.24, 2.45) is 0 Å². The summed E-state index contributed by atoms with van der Waals surface area (Å²) in [7, 11) is 0. The number of benzene rings is 3. The summed E-state index contributed by atoms with van der Waals surface area (Å²) in [6, 6.07) is 19.5. The van der Waals surface area contributed by atoms with Gasteiger partial charge in [0.25, 0.3) is 11.6 Å². The van der Waals surface area contributed by atoms with Gasteiger partial charge in [-0.25, -0.2) is 0 Å². The monoisotopic (exact) mass is 362 g/mol. The molecule has 1 aliphatic heterocycles. The number of aryl methyl sites for hydroxylation is 1. The molecular formula is C20H14N2O3S. The summed E-state index contributed by atoms with van der Waals surface area (Å²) < 4.78 is 0. The van der Waals surface area contributed by atoms with Gasteiger partial charge in [0.15, 0.2) is 0 Å². The predicted molar refractivity (Wildman–Crippen MR) is 101 cm³/mol. The van der Waals surface area contributed by atoms with Gasteiger partial charge in [-0.3, -0.25) is 19.8 Å². The number of amides is 1. The Bertz CT molecular complexity index is 1030. The minimum Gasteiger partial charge on any atom is -0.274 e. The number of nitro groups is 1. The maximum atomic E-state index is 13.3. The lowest BCUT2D eigenvalue weighted by atomic mass is 10.1. The van der Waals surface area contributed by atoms with Gasteiger partial charge in [0.1, 0.15) is 0 Å². The van der Waals surface area contributed by atoms with Gasteiger partial charge in [0, 0.05) is 27.5 Å². The van der Waals surface area contributed by atoms with Gasteiger partial charge < -0.3 is 0 Å². The first-order chi connectivity index (χ1) is 12.5. The van der Waals surface area contributed by atoms with Crippen LogP contribution in [0.2, 0.25) is 0 Å². The summed E-state index contributed by atoms with van der Waals surface area (Å²) in [6.45, 7) is 1.96. The van der Waals surface area contributed by atoms with Crippen LogP contribution < -0.4 is 4.90 Å². The number of nitro benzene ring substituents is 1. The molecule has 5 nitrogen and oxygen atoms in total. The van der Waals surface area contributed by atoms with Crippen molar-refractivity contribution >= 4 is 34.7 Å². The van der Waals surface area contributed by atoms with E-state index in [1.807, 2.05) is 43.3 Å². The highest BCUT2D eigenvalue weighted by atomic mass is 32.2. The van der Waals surface area contributed by atoms with Gasteiger partial charge in [-0.05, 0) is 37.3 Å². The topological polar surface area (TPSA) is 63.5 Å². The largest absolute Gasteiger partial charge is 0.274 e. The number of anilines is 2. The fourth-order valence-corrected chi connectivity index (χ4v) is 3.94. The highest BCUT2D eigenvalue weighted by Crippen LogP contribution is 2.49. The second-order valence-electron chi connectivity index (χ2n) is 5.99. The molecule has 0 N–H and O–H groups in total. The molecule has 0 fully saturated rings. The van der Waals surface area contributed by atoms with Crippen LogP contribution in [0.15, 0.2) is 76.5 Å². The zero-order valence-electron chi connectivity index (χ0n) is 13.9. The third-order valence-electron chi connectivity index (χ3n) is 4.22. The lowest BCUT2D eigenvalue weighted by Gasteiger charge is -2.31. The molecular weight excluding hydrogens is 348 g/mol. The van der Waals surface area contributed by atoms with E-state index >= 15 is 0 Å². The van der Waals surface area contributed by atoms with Crippen LogP contribution in [0.4, 0.5) is 17.1 Å². The average Bonchev–Trinajstić information content (AvgIpc) is 2.65. The Morgan fingerprint density at radius 1 is 0.962 bits per heavy atom. The maximum Gasteiger partial charge on any atom is 0.271 e. The van der Waals surface area contributed by atoms with Gasteiger partial charge in [0.2, 0.25) is 0 Å². The van der Waals surface area contributed by atoms with Crippen LogP contribution in [0.3, 0.4) is 0 Å². The first kappa shape index (κ1) is 16.4. The molecule has 0 aromatic heterocycles. The Hall–Kier alpha value is -3.12. The number of hydrogen-bond donors (Lipinski definition) is 0. The second kappa shape index (κ2) is 6.31. The molecule has 0 saturated heterocycles. The Balaban J connectivity index is 1.89. The van der Waals surface area contributed by atoms with Crippen LogP contribution in [-0.4, -0.2) is 10.8 Å². The van der Waals surface area contributed by atoms with Gasteiger partial charge in [-0.1, -0.05) is 41.6 Å². The smallest absolute Gasteiger partial charge is 0.271 e. The minimum atomic E-state index is -0.444. The van der Waals surface area contributed by atoms with Crippen molar-refractivity contribution in [2.75, 3.05) is 4.90 Å². The molecule has 128 valence electrons.